The van der Waals surface area contributed by atoms with Crippen molar-refractivity contribution in [2.45, 2.75) is 6.92 Å². The van der Waals surface area contributed by atoms with Crippen LogP contribution in [0.4, 0.5) is 5.69 Å². The van der Waals surface area contributed by atoms with Crippen molar-refractivity contribution in [1.82, 2.24) is 4.40 Å². The number of carbonyl (C=O) groups excluding carboxylic acids is 1. The number of aromatic nitrogens is 1. The lowest BCUT2D eigenvalue weighted by atomic mass is 10.0. The zero-order valence-electron chi connectivity index (χ0n) is 11.6. The highest BCUT2D eigenvalue weighted by Crippen LogP contribution is 2.31. The van der Waals surface area contributed by atoms with Crippen LogP contribution in [0.25, 0.3) is 27.2 Å². The Bertz CT molecular complexity index is 998. The number of anilines is 1. The molecule has 2 heterocycles. The average Bonchev–Trinajstić information content (AvgIpc) is 2.96. The highest BCUT2D eigenvalue weighted by molar-refractivity contribution is 6.13. The molecule has 21 heavy (non-hydrogen) atoms. The quantitative estimate of drug-likeness (QED) is 0.518. The van der Waals surface area contributed by atoms with Crippen LogP contribution < -0.4 is 5.32 Å². The van der Waals surface area contributed by atoms with E-state index in [4.69, 9.17) is 0 Å². The summed E-state index contributed by atoms with van der Waals surface area (Å²) in [4.78, 5) is 11.3. The molecule has 4 rings (SSSR count). The first-order chi connectivity index (χ1) is 10.2. The van der Waals surface area contributed by atoms with E-state index in [-0.39, 0.29) is 5.91 Å². The summed E-state index contributed by atoms with van der Waals surface area (Å²) < 4.78 is 2.17. The molecule has 2 aromatic carbocycles. The van der Waals surface area contributed by atoms with Crippen molar-refractivity contribution in [3.63, 3.8) is 0 Å². The number of nitrogens with zero attached hydrogens (tertiary/aromatic N) is 1. The summed E-state index contributed by atoms with van der Waals surface area (Å²) in [5.74, 6) is -0.0566. The number of benzene rings is 2. The fourth-order valence-corrected chi connectivity index (χ4v) is 2.99. The van der Waals surface area contributed by atoms with Crippen molar-refractivity contribution in [2.75, 3.05) is 5.32 Å². The molecule has 1 N–H and O–H groups in total. The number of nitrogens with one attached hydrogen (secondary N) is 1. The minimum atomic E-state index is -0.0566. The average molecular weight is 274 g/mol. The van der Waals surface area contributed by atoms with Gasteiger partial charge >= 0.3 is 0 Å². The Morgan fingerprint density at radius 3 is 2.48 bits per heavy atom. The summed E-state index contributed by atoms with van der Waals surface area (Å²) >= 11 is 0. The van der Waals surface area contributed by atoms with E-state index in [9.17, 15) is 4.79 Å². The lowest BCUT2D eigenvalue weighted by molar-refractivity contribution is -0.114. The first-order valence-electron chi connectivity index (χ1n) is 6.93. The maximum Gasteiger partial charge on any atom is 0.221 e. The normalized spacial score (nSPS) is 11.3. The minimum absolute atomic E-state index is 0.0566. The van der Waals surface area contributed by atoms with Gasteiger partial charge < -0.3 is 9.72 Å². The molecule has 3 nitrogen and oxygen atoms in total. The van der Waals surface area contributed by atoms with E-state index < -0.39 is 0 Å². The Morgan fingerprint density at radius 1 is 0.905 bits per heavy atom. The summed E-state index contributed by atoms with van der Waals surface area (Å²) in [5, 5.41) is 6.50. The maximum absolute atomic E-state index is 11.3. The number of rotatable bonds is 1. The van der Waals surface area contributed by atoms with Gasteiger partial charge in [-0.05, 0) is 29.7 Å². The van der Waals surface area contributed by atoms with Crippen molar-refractivity contribution >= 4 is 38.8 Å². The van der Waals surface area contributed by atoms with E-state index in [1.165, 1.54) is 28.6 Å². The molecule has 0 unspecified atom stereocenters. The van der Waals surface area contributed by atoms with E-state index in [1.807, 2.05) is 18.2 Å². The van der Waals surface area contributed by atoms with E-state index in [0.717, 1.165) is 11.2 Å². The van der Waals surface area contributed by atoms with Crippen molar-refractivity contribution < 1.29 is 4.79 Å². The zero-order valence-corrected chi connectivity index (χ0v) is 11.6. The topological polar surface area (TPSA) is 33.5 Å². The third-order valence-electron chi connectivity index (χ3n) is 3.82. The van der Waals surface area contributed by atoms with Gasteiger partial charge in [-0.25, -0.2) is 0 Å². The van der Waals surface area contributed by atoms with Crippen LogP contribution in [-0.4, -0.2) is 10.3 Å². The Labute approximate surface area is 121 Å². The van der Waals surface area contributed by atoms with Gasteiger partial charge in [-0.15, -0.1) is 0 Å². The molecule has 0 aliphatic heterocycles. The molecule has 0 spiro atoms. The number of fused-ring (bicyclic) bond motifs is 6. The van der Waals surface area contributed by atoms with Gasteiger partial charge in [-0.3, -0.25) is 4.79 Å². The highest BCUT2D eigenvalue weighted by Gasteiger charge is 2.08. The van der Waals surface area contributed by atoms with Gasteiger partial charge in [0.2, 0.25) is 5.91 Å². The lowest BCUT2D eigenvalue weighted by Crippen LogP contribution is -2.05. The Kier molecular flexibility index (Phi) is 2.48. The lowest BCUT2D eigenvalue weighted by Gasteiger charge is -2.11. The third-order valence-corrected chi connectivity index (χ3v) is 3.82. The summed E-state index contributed by atoms with van der Waals surface area (Å²) in [6.45, 7) is 1.52. The van der Waals surface area contributed by atoms with Crippen LogP contribution >= 0.6 is 0 Å². The standard InChI is InChI=1S/C18H14N2O/c1-12(21)19-13-8-9-16-14-5-2-3-6-15(14)17-7-4-10-20(17)18(16)11-13/h2-11H,1H3,(H,19,21). The fourth-order valence-electron chi connectivity index (χ4n) is 2.99. The van der Waals surface area contributed by atoms with Crippen LogP contribution in [0, 0.1) is 0 Å². The molecule has 4 aromatic rings. The molecule has 0 fully saturated rings. The summed E-state index contributed by atoms with van der Waals surface area (Å²) in [5.41, 5.74) is 3.10. The number of pyridine rings is 1. The molecule has 1 amide bonds. The van der Waals surface area contributed by atoms with E-state index in [2.05, 4.69) is 52.3 Å². The number of hydrogen-bond acceptors (Lipinski definition) is 1. The summed E-state index contributed by atoms with van der Waals surface area (Å²) in [6, 6.07) is 18.6. The molecule has 0 aliphatic rings. The van der Waals surface area contributed by atoms with E-state index >= 15 is 0 Å². The van der Waals surface area contributed by atoms with Gasteiger partial charge in [0.15, 0.2) is 0 Å². The van der Waals surface area contributed by atoms with Crippen LogP contribution in [0.5, 0.6) is 0 Å². The van der Waals surface area contributed by atoms with Crippen LogP contribution in [0.3, 0.4) is 0 Å². The largest absolute Gasteiger partial charge is 0.326 e. The molecule has 0 radical (unpaired) electrons. The molecule has 3 heteroatoms. The highest BCUT2D eigenvalue weighted by atomic mass is 16.1. The molecule has 2 aromatic heterocycles. The molecule has 0 saturated heterocycles. The van der Waals surface area contributed by atoms with Gasteiger partial charge in [0.05, 0.1) is 11.0 Å². The maximum atomic E-state index is 11.3. The predicted octanol–water partition coefficient (Wildman–Crippen LogP) is 4.20. The molecule has 0 bridgehead atoms. The van der Waals surface area contributed by atoms with Crippen molar-refractivity contribution in [1.29, 1.82) is 0 Å². The smallest absolute Gasteiger partial charge is 0.221 e. The van der Waals surface area contributed by atoms with Crippen molar-refractivity contribution in [3.05, 3.63) is 60.8 Å². The monoisotopic (exact) mass is 274 g/mol. The third kappa shape index (κ3) is 1.78. The van der Waals surface area contributed by atoms with Crippen LogP contribution in [0.2, 0.25) is 0 Å². The Morgan fingerprint density at radius 2 is 1.67 bits per heavy atom. The van der Waals surface area contributed by atoms with Gasteiger partial charge in [0.25, 0.3) is 0 Å². The van der Waals surface area contributed by atoms with E-state index in [0.29, 0.717) is 0 Å². The Hall–Kier alpha value is -2.81. The second-order valence-corrected chi connectivity index (χ2v) is 5.22. The van der Waals surface area contributed by atoms with E-state index in [1.54, 1.807) is 0 Å². The summed E-state index contributed by atoms with van der Waals surface area (Å²) in [6.07, 6.45) is 2.06. The first kappa shape index (κ1) is 12.0. The molecule has 0 aliphatic carbocycles. The molecule has 0 atom stereocenters. The molecule has 0 saturated carbocycles. The first-order valence-corrected chi connectivity index (χ1v) is 6.93. The van der Waals surface area contributed by atoms with Gasteiger partial charge in [0.1, 0.15) is 0 Å². The van der Waals surface area contributed by atoms with Crippen LogP contribution in [0.15, 0.2) is 60.8 Å². The molecular weight excluding hydrogens is 260 g/mol. The minimum Gasteiger partial charge on any atom is -0.326 e. The zero-order chi connectivity index (χ0) is 14.4. The van der Waals surface area contributed by atoms with Gasteiger partial charge in [-0.1, -0.05) is 30.3 Å². The molecular formula is C18H14N2O. The van der Waals surface area contributed by atoms with Gasteiger partial charge in [-0.2, -0.15) is 0 Å². The van der Waals surface area contributed by atoms with Crippen LogP contribution in [0.1, 0.15) is 6.92 Å². The number of carbonyl (C=O) groups is 1. The number of hydrogen-bond donors (Lipinski definition) is 1. The number of amides is 1. The van der Waals surface area contributed by atoms with Crippen LogP contribution in [-0.2, 0) is 4.79 Å². The van der Waals surface area contributed by atoms with Crippen molar-refractivity contribution in [3.8, 4) is 0 Å². The second kappa shape index (κ2) is 4.35. The second-order valence-electron chi connectivity index (χ2n) is 5.22. The SMILES string of the molecule is CC(=O)Nc1ccc2c3ccccc3c3cccn3c2c1. The molecule has 102 valence electrons. The fraction of sp³-hybridized carbons (Fsp3) is 0.0556. The predicted molar refractivity (Wildman–Crippen MR) is 86.7 cm³/mol. The summed E-state index contributed by atoms with van der Waals surface area (Å²) in [7, 11) is 0. The Balaban J connectivity index is 2.17. The van der Waals surface area contributed by atoms with Crippen molar-refractivity contribution in [2.24, 2.45) is 0 Å². The van der Waals surface area contributed by atoms with Gasteiger partial charge in [0, 0.05) is 29.6 Å².